The van der Waals surface area contributed by atoms with Crippen LogP contribution in [0.15, 0.2) is 40.9 Å². The molecule has 0 aromatic carbocycles. The summed E-state index contributed by atoms with van der Waals surface area (Å²) in [5, 5.41) is 0.272. The molecule has 120 valence electrons. The quantitative estimate of drug-likeness (QED) is 0.327. The molecule has 0 unspecified atom stereocenters. The first-order valence-electron chi connectivity index (χ1n) is 7.84. The fourth-order valence-electron chi connectivity index (χ4n) is 1.24. The minimum Gasteiger partial charge on any atom is -0.413 e. The summed E-state index contributed by atoms with van der Waals surface area (Å²) in [6, 6.07) is 0. The molecule has 0 radical (unpaired) electrons. The van der Waals surface area contributed by atoms with Crippen molar-refractivity contribution in [2.24, 2.45) is 4.99 Å². The molecule has 0 aromatic heterocycles. The van der Waals surface area contributed by atoms with E-state index in [1.165, 1.54) is 5.57 Å². The molecule has 0 fully saturated rings. The summed E-state index contributed by atoms with van der Waals surface area (Å²) in [6.45, 7) is 17.1. The van der Waals surface area contributed by atoms with Crippen LogP contribution in [0.4, 0.5) is 0 Å². The van der Waals surface area contributed by atoms with E-state index in [4.69, 9.17) is 4.43 Å². The molecular formula is C18H33NOSi. The summed E-state index contributed by atoms with van der Waals surface area (Å²) >= 11 is 0. The van der Waals surface area contributed by atoms with Gasteiger partial charge in [-0.15, -0.1) is 0 Å². The van der Waals surface area contributed by atoms with Crippen molar-refractivity contribution >= 4 is 14.5 Å². The molecule has 0 aliphatic carbocycles. The Morgan fingerprint density at radius 3 is 2.43 bits per heavy atom. The maximum Gasteiger partial charge on any atom is 0.192 e. The second-order valence-electron chi connectivity index (χ2n) is 6.82. The third-order valence-electron chi connectivity index (χ3n) is 3.75. The normalized spacial score (nSPS) is 14.9. The van der Waals surface area contributed by atoms with Crippen molar-refractivity contribution in [3.8, 4) is 0 Å². The zero-order chi connectivity index (χ0) is 16.4. The Morgan fingerprint density at radius 1 is 1.19 bits per heavy atom. The van der Waals surface area contributed by atoms with E-state index in [1.54, 1.807) is 0 Å². The van der Waals surface area contributed by atoms with Gasteiger partial charge in [0.15, 0.2) is 8.32 Å². The average Bonchev–Trinajstić information content (AvgIpc) is 2.37. The first-order chi connectivity index (χ1) is 9.70. The maximum absolute atomic E-state index is 6.08. The van der Waals surface area contributed by atoms with Crippen molar-refractivity contribution < 1.29 is 4.43 Å². The smallest absolute Gasteiger partial charge is 0.192 e. The summed E-state index contributed by atoms with van der Waals surface area (Å²) in [5.41, 5.74) is 1.20. The highest BCUT2D eigenvalue weighted by Crippen LogP contribution is 2.36. The van der Waals surface area contributed by atoms with Gasteiger partial charge in [0.2, 0.25) is 0 Å². The van der Waals surface area contributed by atoms with Crippen LogP contribution >= 0.6 is 0 Å². The van der Waals surface area contributed by atoms with Crippen molar-refractivity contribution in [3.05, 3.63) is 36.0 Å². The van der Waals surface area contributed by atoms with Crippen LogP contribution in [0.25, 0.3) is 0 Å². The van der Waals surface area contributed by atoms with Crippen molar-refractivity contribution in [3.63, 3.8) is 0 Å². The summed E-state index contributed by atoms with van der Waals surface area (Å²) < 4.78 is 6.08. The lowest BCUT2D eigenvalue weighted by atomic mass is 10.2. The molecule has 0 bridgehead atoms. The molecule has 3 heteroatoms. The lowest BCUT2D eigenvalue weighted by molar-refractivity contribution is 0.328. The fraction of sp³-hybridized carbons (Fsp3) is 0.611. The van der Waals surface area contributed by atoms with Crippen LogP contribution in [0.2, 0.25) is 18.1 Å². The topological polar surface area (TPSA) is 21.6 Å². The molecule has 0 rings (SSSR count). The van der Waals surface area contributed by atoms with Gasteiger partial charge in [0.1, 0.15) is 0 Å². The van der Waals surface area contributed by atoms with Crippen molar-refractivity contribution in [1.29, 1.82) is 0 Å². The Balaban J connectivity index is 4.15. The molecule has 0 atom stereocenters. The summed E-state index contributed by atoms with van der Waals surface area (Å²) in [5.74, 6) is 0. The molecule has 0 spiro atoms. The Bertz CT molecular complexity index is 398. The molecule has 0 aromatic rings. The van der Waals surface area contributed by atoms with Crippen LogP contribution in [0, 0.1) is 0 Å². The maximum atomic E-state index is 6.08. The lowest BCUT2D eigenvalue weighted by Crippen LogP contribution is -2.40. The third kappa shape index (κ3) is 9.59. The Hall–Kier alpha value is -0.933. The molecule has 0 amide bonds. The van der Waals surface area contributed by atoms with E-state index in [0.717, 1.165) is 13.0 Å². The van der Waals surface area contributed by atoms with E-state index in [1.807, 2.05) is 18.4 Å². The number of hydrogen-bond donors (Lipinski definition) is 0. The van der Waals surface area contributed by atoms with Crippen molar-refractivity contribution in [1.82, 2.24) is 0 Å². The monoisotopic (exact) mass is 307 g/mol. The highest BCUT2D eigenvalue weighted by molar-refractivity contribution is 6.74. The van der Waals surface area contributed by atoms with Crippen LogP contribution in [0.1, 0.15) is 41.0 Å². The predicted octanol–water partition coefficient (Wildman–Crippen LogP) is 5.55. The van der Waals surface area contributed by atoms with Gasteiger partial charge in [-0.25, -0.2) is 0 Å². The second-order valence-corrected chi connectivity index (χ2v) is 11.6. The Labute approximate surface area is 132 Å². The third-order valence-corrected chi connectivity index (χ3v) is 8.25. The van der Waals surface area contributed by atoms with Gasteiger partial charge in [0.25, 0.3) is 0 Å². The summed E-state index contributed by atoms with van der Waals surface area (Å²) in [7, 11) is -1.62. The zero-order valence-electron chi connectivity index (χ0n) is 14.9. The largest absolute Gasteiger partial charge is 0.413 e. The summed E-state index contributed by atoms with van der Waals surface area (Å²) in [4.78, 5) is 4.27. The summed E-state index contributed by atoms with van der Waals surface area (Å²) in [6.07, 6.45) is 13.3. The average molecular weight is 308 g/mol. The van der Waals surface area contributed by atoms with E-state index < -0.39 is 8.32 Å². The van der Waals surface area contributed by atoms with Crippen LogP contribution in [-0.4, -0.2) is 27.7 Å². The van der Waals surface area contributed by atoms with Crippen LogP contribution in [0.5, 0.6) is 0 Å². The highest BCUT2D eigenvalue weighted by atomic mass is 28.4. The molecule has 0 aliphatic heterocycles. The van der Waals surface area contributed by atoms with Crippen LogP contribution in [0.3, 0.4) is 0 Å². The molecular weight excluding hydrogens is 274 g/mol. The Kier molecular flexibility index (Phi) is 9.46. The second kappa shape index (κ2) is 9.90. The van der Waals surface area contributed by atoms with Gasteiger partial charge in [-0.3, -0.25) is 4.99 Å². The first kappa shape index (κ1) is 20.1. The number of nitrogens with zero attached hydrogens (tertiary/aromatic N) is 1. The molecule has 0 saturated heterocycles. The lowest BCUT2D eigenvalue weighted by Gasteiger charge is -2.35. The van der Waals surface area contributed by atoms with E-state index in [9.17, 15) is 0 Å². The predicted molar refractivity (Wildman–Crippen MR) is 98.8 cm³/mol. The highest BCUT2D eigenvalue weighted by Gasteiger charge is 2.36. The van der Waals surface area contributed by atoms with Crippen LogP contribution in [-0.2, 0) is 4.43 Å². The van der Waals surface area contributed by atoms with E-state index in [0.29, 0.717) is 6.61 Å². The van der Waals surface area contributed by atoms with E-state index in [2.05, 4.69) is 70.9 Å². The Morgan fingerprint density at radius 2 is 1.86 bits per heavy atom. The van der Waals surface area contributed by atoms with Crippen molar-refractivity contribution in [2.45, 2.75) is 59.2 Å². The molecule has 2 nitrogen and oxygen atoms in total. The molecule has 21 heavy (non-hydrogen) atoms. The van der Waals surface area contributed by atoms with Crippen molar-refractivity contribution in [2.75, 3.05) is 13.2 Å². The van der Waals surface area contributed by atoms with Crippen LogP contribution < -0.4 is 0 Å². The zero-order valence-corrected chi connectivity index (χ0v) is 15.9. The standard InChI is InChI=1S/C18H33NOSi/c1-8-14-19-15-13-17(2)12-10-9-11-16-20-21(6,7)18(3,4)5/h9-13,15H,8,14,16H2,1-7H3/b11-9+,12-10+,17-13-,19-15?. The van der Waals surface area contributed by atoms with Gasteiger partial charge in [-0.1, -0.05) is 52.0 Å². The molecule has 0 saturated carbocycles. The van der Waals surface area contributed by atoms with Gasteiger partial charge < -0.3 is 4.43 Å². The van der Waals surface area contributed by atoms with Gasteiger partial charge in [0.05, 0.1) is 6.61 Å². The van der Waals surface area contributed by atoms with E-state index >= 15 is 0 Å². The number of rotatable bonds is 8. The minimum atomic E-state index is -1.62. The number of allylic oxidation sites excluding steroid dienone is 5. The van der Waals surface area contributed by atoms with E-state index in [-0.39, 0.29) is 5.04 Å². The fourth-order valence-corrected chi connectivity index (χ4v) is 2.19. The van der Waals surface area contributed by atoms with Gasteiger partial charge in [-0.05, 0) is 43.1 Å². The molecule has 0 N–H and O–H groups in total. The van der Waals surface area contributed by atoms with Gasteiger partial charge >= 0.3 is 0 Å². The number of aliphatic imine (C=N–C) groups is 1. The van der Waals surface area contributed by atoms with Gasteiger partial charge in [-0.2, -0.15) is 0 Å². The van der Waals surface area contributed by atoms with Gasteiger partial charge in [0, 0.05) is 12.8 Å². The molecule has 0 heterocycles. The minimum absolute atomic E-state index is 0.272. The number of hydrogen-bond acceptors (Lipinski definition) is 2. The first-order valence-corrected chi connectivity index (χ1v) is 10.8. The molecule has 0 aliphatic rings. The SMILES string of the molecule is CCCN=C\C=C(C)/C=C/C=C/CO[Si](C)(C)C(C)(C)C.